The van der Waals surface area contributed by atoms with Gasteiger partial charge in [-0.1, -0.05) is 19.9 Å². The number of hydrogen-bond acceptors (Lipinski definition) is 3. The molecule has 0 bridgehead atoms. The summed E-state index contributed by atoms with van der Waals surface area (Å²) in [7, 11) is -2.42. The van der Waals surface area contributed by atoms with Gasteiger partial charge >= 0.3 is 0 Å². The average molecular weight is 289 g/mol. The first-order valence-corrected chi connectivity index (χ1v) is 7.69. The Labute approximate surface area is 113 Å². The molecule has 0 unspecified atom stereocenters. The monoisotopic (exact) mass is 289 g/mol. The van der Waals surface area contributed by atoms with Gasteiger partial charge in [-0.2, -0.15) is 4.31 Å². The normalized spacial score (nSPS) is 12.4. The van der Waals surface area contributed by atoms with Crippen LogP contribution in [0.3, 0.4) is 0 Å². The van der Waals surface area contributed by atoms with Crippen molar-refractivity contribution < 1.29 is 17.9 Å². The van der Waals surface area contributed by atoms with E-state index in [1.54, 1.807) is 0 Å². The second-order valence-electron chi connectivity index (χ2n) is 4.41. The van der Waals surface area contributed by atoms with Gasteiger partial charge < -0.3 is 5.11 Å². The van der Waals surface area contributed by atoms with Gasteiger partial charge in [-0.3, -0.25) is 0 Å². The van der Waals surface area contributed by atoms with Crippen LogP contribution in [0.5, 0.6) is 0 Å². The van der Waals surface area contributed by atoms with E-state index in [1.807, 2.05) is 13.8 Å². The van der Waals surface area contributed by atoms with Crippen molar-refractivity contribution in [3.63, 3.8) is 0 Å². The maximum Gasteiger partial charge on any atom is 0.245 e. The van der Waals surface area contributed by atoms with E-state index in [0.717, 1.165) is 6.07 Å². The summed E-state index contributed by atoms with van der Waals surface area (Å²) >= 11 is 0. The molecule has 0 radical (unpaired) electrons. The van der Waals surface area contributed by atoms with Crippen LogP contribution in [0.2, 0.25) is 0 Å². The molecular weight excluding hydrogens is 269 g/mol. The van der Waals surface area contributed by atoms with Crippen LogP contribution in [0.4, 0.5) is 4.39 Å². The molecule has 0 heterocycles. The predicted molar refractivity (Wildman–Crippen MR) is 71.6 cm³/mol. The van der Waals surface area contributed by atoms with Gasteiger partial charge in [-0.15, -0.1) is 0 Å². The number of sulfonamides is 1. The largest absolute Gasteiger partial charge is 0.392 e. The van der Waals surface area contributed by atoms with Gasteiger partial charge in [0, 0.05) is 13.1 Å². The lowest BCUT2D eigenvalue weighted by Crippen LogP contribution is -2.36. The molecule has 0 saturated carbocycles. The zero-order valence-electron chi connectivity index (χ0n) is 11.4. The number of aliphatic hydroxyl groups is 1. The molecule has 0 aliphatic carbocycles. The molecule has 0 spiro atoms. The lowest BCUT2D eigenvalue weighted by Gasteiger charge is -2.25. The highest BCUT2D eigenvalue weighted by atomic mass is 32.2. The highest BCUT2D eigenvalue weighted by molar-refractivity contribution is 7.89. The first-order valence-electron chi connectivity index (χ1n) is 6.25. The minimum Gasteiger partial charge on any atom is -0.392 e. The van der Waals surface area contributed by atoms with Crippen molar-refractivity contribution in [1.29, 1.82) is 0 Å². The summed E-state index contributed by atoms with van der Waals surface area (Å²) in [4.78, 5) is -0.381. The van der Waals surface area contributed by atoms with Crippen LogP contribution in [0, 0.1) is 5.82 Å². The minimum absolute atomic E-state index is 0.165. The van der Waals surface area contributed by atoms with Crippen LogP contribution in [-0.4, -0.2) is 30.9 Å². The molecule has 108 valence electrons. The van der Waals surface area contributed by atoms with Crippen LogP contribution in [0.15, 0.2) is 23.1 Å². The third-order valence-electron chi connectivity index (χ3n) is 3.29. The van der Waals surface area contributed by atoms with Crippen molar-refractivity contribution in [3.8, 4) is 0 Å². The summed E-state index contributed by atoms with van der Waals surface area (Å²) in [6.45, 7) is 3.46. The Kier molecular flexibility index (Phi) is 5.46. The third-order valence-corrected chi connectivity index (χ3v) is 5.22. The van der Waals surface area contributed by atoms with E-state index in [-0.39, 0.29) is 17.5 Å². The van der Waals surface area contributed by atoms with Gasteiger partial charge in [0.25, 0.3) is 0 Å². The smallest absolute Gasteiger partial charge is 0.245 e. The Morgan fingerprint density at radius 1 is 1.32 bits per heavy atom. The Hall–Kier alpha value is -0.980. The quantitative estimate of drug-likeness (QED) is 0.872. The summed E-state index contributed by atoms with van der Waals surface area (Å²) in [5, 5.41) is 9.03. The van der Waals surface area contributed by atoms with Gasteiger partial charge in [0.15, 0.2) is 0 Å². The van der Waals surface area contributed by atoms with Gasteiger partial charge in [-0.05, 0) is 30.5 Å². The molecule has 4 nitrogen and oxygen atoms in total. The van der Waals surface area contributed by atoms with E-state index in [1.165, 1.54) is 23.5 Å². The minimum atomic E-state index is -3.88. The van der Waals surface area contributed by atoms with Gasteiger partial charge in [-0.25, -0.2) is 12.8 Å². The van der Waals surface area contributed by atoms with E-state index < -0.39 is 15.8 Å². The van der Waals surface area contributed by atoms with Crippen molar-refractivity contribution >= 4 is 10.0 Å². The number of benzene rings is 1. The van der Waals surface area contributed by atoms with Gasteiger partial charge in [0.05, 0.1) is 6.61 Å². The fourth-order valence-electron chi connectivity index (χ4n) is 2.00. The fraction of sp³-hybridized carbons (Fsp3) is 0.538. The number of nitrogens with zero attached hydrogens (tertiary/aromatic N) is 1. The summed E-state index contributed by atoms with van der Waals surface area (Å²) < 4.78 is 39.7. The molecule has 1 rings (SSSR count). The SMILES string of the molecule is CCC(CC)N(C)S(=O)(=O)c1cc(CO)ccc1F. The van der Waals surface area contributed by atoms with Crippen LogP contribution < -0.4 is 0 Å². The highest BCUT2D eigenvalue weighted by Gasteiger charge is 2.28. The molecule has 1 aromatic rings. The zero-order chi connectivity index (χ0) is 14.6. The van der Waals surface area contributed by atoms with Crippen LogP contribution in [0.1, 0.15) is 32.3 Å². The lowest BCUT2D eigenvalue weighted by molar-refractivity contribution is 0.281. The molecular formula is C13H20FNO3S. The zero-order valence-corrected chi connectivity index (χ0v) is 12.2. The Balaban J connectivity index is 3.26. The summed E-state index contributed by atoms with van der Waals surface area (Å²) in [6, 6.07) is 3.45. The van der Waals surface area contributed by atoms with E-state index >= 15 is 0 Å². The van der Waals surface area contributed by atoms with Gasteiger partial charge in [0.2, 0.25) is 10.0 Å². The number of aliphatic hydroxyl groups excluding tert-OH is 1. The molecule has 0 aliphatic rings. The fourth-order valence-corrected chi connectivity index (χ4v) is 3.61. The van der Waals surface area contributed by atoms with E-state index in [2.05, 4.69) is 0 Å². The highest BCUT2D eigenvalue weighted by Crippen LogP contribution is 2.23. The Bertz CT molecular complexity index is 527. The molecule has 0 saturated heterocycles. The molecule has 0 atom stereocenters. The number of rotatable bonds is 6. The standard InChI is InChI=1S/C13H20FNO3S/c1-4-11(5-2)15(3)19(17,18)13-8-10(9-16)6-7-12(13)14/h6-8,11,16H,4-5,9H2,1-3H3. The van der Waals surface area contributed by atoms with Gasteiger partial charge in [0.1, 0.15) is 10.7 Å². The molecule has 0 aliphatic heterocycles. The summed E-state index contributed by atoms with van der Waals surface area (Å²) in [5.74, 6) is -0.796. The molecule has 0 fully saturated rings. The topological polar surface area (TPSA) is 57.6 Å². The Morgan fingerprint density at radius 3 is 2.37 bits per heavy atom. The third kappa shape index (κ3) is 3.32. The molecule has 1 aromatic carbocycles. The second kappa shape index (κ2) is 6.45. The molecule has 1 N–H and O–H groups in total. The molecule has 6 heteroatoms. The predicted octanol–water partition coefficient (Wildman–Crippen LogP) is 2.13. The molecule has 0 aromatic heterocycles. The first kappa shape index (κ1) is 16.1. The van der Waals surface area contributed by atoms with Crippen LogP contribution >= 0.6 is 0 Å². The van der Waals surface area contributed by atoms with E-state index in [0.29, 0.717) is 18.4 Å². The first-order chi connectivity index (χ1) is 8.88. The Morgan fingerprint density at radius 2 is 1.89 bits per heavy atom. The van der Waals surface area contributed by atoms with E-state index in [4.69, 9.17) is 5.11 Å². The summed E-state index contributed by atoms with van der Waals surface area (Å²) in [6.07, 6.45) is 1.32. The van der Waals surface area contributed by atoms with Crippen molar-refractivity contribution in [2.24, 2.45) is 0 Å². The number of halogens is 1. The van der Waals surface area contributed by atoms with Crippen molar-refractivity contribution in [3.05, 3.63) is 29.6 Å². The molecule has 19 heavy (non-hydrogen) atoms. The van der Waals surface area contributed by atoms with Crippen molar-refractivity contribution in [2.45, 2.75) is 44.2 Å². The second-order valence-corrected chi connectivity index (χ2v) is 6.38. The van der Waals surface area contributed by atoms with Crippen molar-refractivity contribution in [1.82, 2.24) is 4.31 Å². The van der Waals surface area contributed by atoms with E-state index in [9.17, 15) is 12.8 Å². The molecule has 0 amide bonds. The summed E-state index contributed by atoms with van der Waals surface area (Å²) in [5.41, 5.74) is 0.373. The van der Waals surface area contributed by atoms with Crippen molar-refractivity contribution in [2.75, 3.05) is 7.05 Å². The number of hydrogen-bond donors (Lipinski definition) is 1. The lowest BCUT2D eigenvalue weighted by atomic mass is 10.2. The maximum atomic E-state index is 13.7. The maximum absolute atomic E-state index is 13.7. The average Bonchev–Trinajstić information content (AvgIpc) is 2.40. The van der Waals surface area contributed by atoms with Crippen LogP contribution in [0.25, 0.3) is 0 Å². The van der Waals surface area contributed by atoms with Crippen LogP contribution in [-0.2, 0) is 16.6 Å².